The van der Waals surface area contributed by atoms with Crippen LogP contribution in [0.2, 0.25) is 0 Å². The van der Waals surface area contributed by atoms with Crippen molar-refractivity contribution in [2.45, 2.75) is 26.9 Å². The third-order valence-electron chi connectivity index (χ3n) is 7.46. The van der Waals surface area contributed by atoms with Crippen molar-refractivity contribution in [2.75, 3.05) is 20.0 Å². The molecule has 1 aliphatic carbocycles. The average Bonchev–Trinajstić information content (AvgIpc) is 3.25. The summed E-state index contributed by atoms with van der Waals surface area (Å²) in [5.41, 5.74) is 2.75. The van der Waals surface area contributed by atoms with Gasteiger partial charge in [0.2, 0.25) is 6.79 Å². The molecule has 1 fully saturated rings. The molecule has 0 radical (unpaired) electrons. The van der Waals surface area contributed by atoms with Crippen LogP contribution in [-0.2, 0) is 9.47 Å². The second-order valence-electron chi connectivity index (χ2n) is 9.03. The maximum absolute atomic E-state index is 12.6. The number of esters is 1. The van der Waals surface area contributed by atoms with E-state index in [1.807, 2.05) is 30.3 Å². The Balaban J connectivity index is 1.40. The fourth-order valence-corrected chi connectivity index (χ4v) is 5.51. The minimum Gasteiger partial charge on any atom is -0.461 e. The van der Waals surface area contributed by atoms with E-state index in [2.05, 4.69) is 32.9 Å². The Morgan fingerprint density at radius 2 is 1.87 bits per heavy atom. The van der Waals surface area contributed by atoms with E-state index in [0.717, 1.165) is 17.1 Å². The molecule has 5 rings (SSSR count). The second kappa shape index (κ2) is 7.72. The highest BCUT2D eigenvalue weighted by atomic mass is 16.7. The molecular weight excluding hydrogens is 392 g/mol. The van der Waals surface area contributed by atoms with Gasteiger partial charge in [-0.15, -0.1) is 0 Å². The summed E-state index contributed by atoms with van der Waals surface area (Å²) >= 11 is 0. The van der Waals surface area contributed by atoms with Crippen LogP contribution in [0.25, 0.3) is 0 Å². The van der Waals surface area contributed by atoms with Crippen molar-refractivity contribution in [2.24, 2.45) is 23.2 Å². The molecule has 5 atom stereocenters. The number of fused-ring (bicyclic) bond motifs is 3. The first-order valence-corrected chi connectivity index (χ1v) is 10.9. The quantitative estimate of drug-likeness (QED) is 0.504. The van der Waals surface area contributed by atoms with Crippen LogP contribution in [0, 0.1) is 23.2 Å². The molecule has 31 heavy (non-hydrogen) atoms. The van der Waals surface area contributed by atoms with Gasteiger partial charge in [-0.1, -0.05) is 49.8 Å². The second-order valence-corrected chi connectivity index (χ2v) is 9.03. The van der Waals surface area contributed by atoms with Crippen LogP contribution < -0.4 is 9.47 Å². The zero-order valence-electron chi connectivity index (χ0n) is 18.2. The topological polar surface area (TPSA) is 54.0 Å². The van der Waals surface area contributed by atoms with E-state index >= 15 is 0 Å². The zero-order valence-corrected chi connectivity index (χ0v) is 18.2. The highest BCUT2D eigenvalue weighted by molar-refractivity contribution is 5.89. The van der Waals surface area contributed by atoms with Gasteiger partial charge in [0, 0.05) is 11.3 Å². The lowest BCUT2D eigenvalue weighted by atomic mass is 9.56. The zero-order chi connectivity index (χ0) is 21.6. The van der Waals surface area contributed by atoms with Gasteiger partial charge in [-0.25, -0.2) is 4.79 Å². The van der Waals surface area contributed by atoms with E-state index in [9.17, 15) is 4.79 Å². The molecule has 0 spiro atoms. The fraction of sp³-hybridized carbons (Fsp3) is 0.423. The highest BCUT2D eigenvalue weighted by Gasteiger charge is 2.54. The summed E-state index contributed by atoms with van der Waals surface area (Å²) in [5, 5.41) is 0. The Morgan fingerprint density at radius 3 is 2.68 bits per heavy atom. The number of ether oxygens (including phenoxy) is 4. The lowest BCUT2D eigenvalue weighted by Gasteiger charge is -2.55. The van der Waals surface area contributed by atoms with Gasteiger partial charge < -0.3 is 18.9 Å². The molecule has 2 aliphatic heterocycles. The summed E-state index contributed by atoms with van der Waals surface area (Å²) < 4.78 is 23.4. The molecule has 0 saturated carbocycles. The smallest absolute Gasteiger partial charge is 0.338 e. The molecule has 2 bridgehead atoms. The first-order valence-electron chi connectivity index (χ1n) is 10.9. The van der Waals surface area contributed by atoms with Gasteiger partial charge in [0.25, 0.3) is 0 Å². The summed E-state index contributed by atoms with van der Waals surface area (Å²) in [4.78, 5) is 12.6. The van der Waals surface area contributed by atoms with Gasteiger partial charge in [-0.2, -0.15) is 0 Å². The van der Waals surface area contributed by atoms with Crippen molar-refractivity contribution in [3.63, 3.8) is 0 Å². The Labute approximate surface area is 183 Å². The number of carbonyl (C=O) groups is 1. The van der Waals surface area contributed by atoms with Gasteiger partial charge in [-0.3, -0.25) is 0 Å². The largest absolute Gasteiger partial charge is 0.461 e. The Hall–Kier alpha value is -2.79. The molecule has 2 aromatic rings. The molecule has 0 amide bonds. The Morgan fingerprint density at radius 1 is 1.10 bits per heavy atom. The predicted octanol–water partition coefficient (Wildman–Crippen LogP) is 5.18. The van der Waals surface area contributed by atoms with Crippen LogP contribution in [0.3, 0.4) is 0 Å². The maximum Gasteiger partial charge on any atom is 0.338 e. The van der Waals surface area contributed by atoms with E-state index < -0.39 is 0 Å². The van der Waals surface area contributed by atoms with Crippen LogP contribution in [0.5, 0.6) is 11.5 Å². The predicted molar refractivity (Wildman–Crippen MR) is 116 cm³/mol. The van der Waals surface area contributed by atoms with Gasteiger partial charge in [0.1, 0.15) is 6.61 Å². The van der Waals surface area contributed by atoms with Crippen LogP contribution in [0.15, 0.2) is 60.2 Å². The van der Waals surface area contributed by atoms with Crippen LogP contribution in [0.1, 0.15) is 42.8 Å². The average molecular weight is 421 g/mol. The standard InChI is InChI=1S/C26H28O5/c1-16-11-17(2)26(14-29-25(27)19-7-5-4-6-8-19)13-28-24(23(16)18(26)3)20-9-10-21-22(12-20)31-15-30-21/h4-12,17-18,23-24H,13-15H2,1-3H3/t17-,18-,23+,24+,26-/m0/s1. The van der Waals surface area contributed by atoms with E-state index in [1.165, 1.54) is 5.57 Å². The summed E-state index contributed by atoms with van der Waals surface area (Å²) in [6, 6.07) is 15.2. The molecule has 1 saturated heterocycles. The normalized spacial score (nSPS) is 31.1. The first kappa shape index (κ1) is 20.1. The van der Waals surface area contributed by atoms with Crippen molar-refractivity contribution in [3.8, 4) is 11.5 Å². The molecule has 0 aromatic heterocycles. The Kier molecular flexibility index (Phi) is 5.01. The lowest BCUT2D eigenvalue weighted by molar-refractivity contribution is -0.166. The molecule has 0 unspecified atom stereocenters. The molecule has 3 aliphatic rings. The number of hydrogen-bond acceptors (Lipinski definition) is 5. The lowest BCUT2D eigenvalue weighted by Crippen LogP contribution is -2.54. The summed E-state index contributed by atoms with van der Waals surface area (Å²) in [6.45, 7) is 7.81. The number of allylic oxidation sites excluding steroid dienone is 1. The highest BCUT2D eigenvalue weighted by Crippen LogP contribution is 2.56. The molecule has 0 N–H and O–H groups in total. The third-order valence-corrected chi connectivity index (χ3v) is 7.46. The van der Waals surface area contributed by atoms with E-state index in [4.69, 9.17) is 18.9 Å². The minimum absolute atomic E-state index is 0.0637. The van der Waals surface area contributed by atoms with Crippen molar-refractivity contribution in [1.82, 2.24) is 0 Å². The van der Waals surface area contributed by atoms with Gasteiger partial charge >= 0.3 is 5.97 Å². The molecule has 5 heteroatoms. The third kappa shape index (κ3) is 3.32. The first-order chi connectivity index (χ1) is 15.0. The summed E-state index contributed by atoms with van der Waals surface area (Å²) in [6.07, 6.45) is 2.27. The number of carbonyl (C=O) groups excluding carboxylic acids is 1. The van der Waals surface area contributed by atoms with Crippen molar-refractivity contribution < 1.29 is 23.7 Å². The molecule has 5 nitrogen and oxygen atoms in total. The molecule has 162 valence electrons. The van der Waals surface area contributed by atoms with Gasteiger partial charge in [-0.05, 0) is 48.6 Å². The summed E-state index contributed by atoms with van der Waals surface area (Å²) in [5.74, 6) is 2.02. The Bertz CT molecular complexity index is 1010. The van der Waals surface area contributed by atoms with Crippen molar-refractivity contribution >= 4 is 5.97 Å². The van der Waals surface area contributed by atoms with Crippen LogP contribution in [0.4, 0.5) is 0 Å². The van der Waals surface area contributed by atoms with Crippen LogP contribution >= 0.6 is 0 Å². The SMILES string of the molecule is CC1=C[C@H](C)[C@@]2(COC(=O)c3ccccc3)CO[C@H](c3ccc4c(c3)OCO4)[C@H]1[C@@H]2C. The van der Waals surface area contributed by atoms with Crippen molar-refractivity contribution in [3.05, 3.63) is 71.3 Å². The molecule has 2 heterocycles. The molecule has 2 aromatic carbocycles. The van der Waals surface area contributed by atoms with E-state index in [-0.39, 0.29) is 36.1 Å². The van der Waals surface area contributed by atoms with Crippen molar-refractivity contribution in [1.29, 1.82) is 0 Å². The minimum atomic E-state index is -0.282. The van der Waals surface area contributed by atoms with Gasteiger partial charge in [0.05, 0.1) is 18.3 Å². The van der Waals surface area contributed by atoms with Crippen LogP contribution in [-0.4, -0.2) is 26.0 Å². The number of benzene rings is 2. The molecular formula is C26H28O5. The van der Waals surface area contributed by atoms with E-state index in [1.54, 1.807) is 12.1 Å². The van der Waals surface area contributed by atoms with E-state index in [0.29, 0.717) is 24.7 Å². The number of rotatable bonds is 4. The monoisotopic (exact) mass is 420 g/mol. The number of hydrogen-bond donors (Lipinski definition) is 0. The maximum atomic E-state index is 12.6. The fourth-order valence-electron chi connectivity index (χ4n) is 5.51. The summed E-state index contributed by atoms with van der Waals surface area (Å²) in [7, 11) is 0. The van der Waals surface area contributed by atoms with Gasteiger partial charge in [0.15, 0.2) is 11.5 Å².